The Morgan fingerprint density at radius 1 is 1.28 bits per heavy atom. The second kappa shape index (κ2) is 6.65. The second-order valence-electron chi connectivity index (χ2n) is 6.06. The van der Waals surface area contributed by atoms with Gasteiger partial charge in [-0.05, 0) is 18.2 Å². The Bertz CT molecular complexity index is 1030. The summed E-state index contributed by atoms with van der Waals surface area (Å²) in [5.74, 6) is 1.46. The third kappa shape index (κ3) is 3.77. The van der Waals surface area contributed by atoms with Crippen LogP contribution in [0.1, 0.15) is 0 Å². The van der Waals surface area contributed by atoms with Crippen LogP contribution in [0.3, 0.4) is 0 Å². The van der Waals surface area contributed by atoms with Crippen LogP contribution in [-0.2, 0) is 16.9 Å². The number of aryl methyl sites for hydroxylation is 1. The SMILES string of the molecule is CN(CCS(C)(=O)=O)c1cc(-c2nc3ccccc3n2C)c(Cl)cn1. The normalized spacial score (nSPS) is 11.8. The van der Waals surface area contributed by atoms with Gasteiger partial charge >= 0.3 is 0 Å². The van der Waals surface area contributed by atoms with Crippen molar-refractivity contribution in [1.29, 1.82) is 0 Å². The van der Waals surface area contributed by atoms with Crippen LogP contribution in [0.25, 0.3) is 22.4 Å². The Morgan fingerprint density at radius 2 is 2.00 bits per heavy atom. The van der Waals surface area contributed by atoms with Crippen LogP contribution in [0.5, 0.6) is 0 Å². The number of para-hydroxylation sites is 2. The highest BCUT2D eigenvalue weighted by Gasteiger charge is 2.16. The summed E-state index contributed by atoms with van der Waals surface area (Å²) in [7, 11) is 0.711. The highest BCUT2D eigenvalue weighted by atomic mass is 35.5. The van der Waals surface area contributed by atoms with Gasteiger partial charge in [-0.15, -0.1) is 0 Å². The van der Waals surface area contributed by atoms with Gasteiger partial charge in [0.15, 0.2) is 0 Å². The van der Waals surface area contributed by atoms with E-state index in [4.69, 9.17) is 11.6 Å². The van der Waals surface area contributed by atoms with Gasteiger partial charge in [-0.3, -0.25) is 0 Å². The van der Waals surface area contributed by atoms with Gasteiger partial charge in [0.2, 0.25) is 0 Å². The smallest absolute Gasteiger partial charge is 0.149 e. The number of anilines is 1. The van der Waals surface area contributed by atoms with Crippen LogP contribution >= 0.6 is 11.6 Å². The van der Waals surface area contributed by atoms with Gasteiger partial charge in [0.05, 0.1) is 21.8 Å². The Labute approximate surface area is 152 Å². The van der Waals surface area contributed by atoms with E-state index in [9.17, 15) is 8.42 Å². The average molecular weight is 379 g/mol. The minimum absolute atomic E-state index is 0.0649. The summed E-state index contributed by atoms with van der Waals surface area (Å²) in [5.41, 5.74) is 2.66. The summed E-state index contributed by atoms with van der Waals surface area (Å²) in [6.45, 7) is 0.357. The topological polar surface area (TPSA) is 68.1 Å². The first-order chi connectivity index (χ1) is 11.8. The number of pyridine rings is 1. The fraction of sp³-hybridized carbons (Fsp3) is 0.294. The fourth-order valence-corrected chi connectivity index (χ4v) is 3.40. The molecule has 0 bridgehead atoms. The maximum atomic E-state index is 11.4. The maximum Gasteiger partial charge on any atom is 0.149 e. The summed E-state index contributed by atoms with van der Waals surface area (Å²) in [5, 5.41) is 0.499. The Balaban J connectivity index is 2.00. The molecule has 2 heterocycles. The molecule has 0 N–H and O–H groups in total. The summed E-state index contributed by atoms with van der Waals surface area (Å²) in [6, 6.07) is 9.70. The molecule has 0 radical (unpaired) electrons. The van der Waals surface area contributed by atoms with Gasteiger partial charge < -0.3 is 9.47 Å². The van der Waals surface area contributed by atoms with Gasteiger partial charge in [-0.25, -0.2) is 18.4 Å². The third-order valence-electron chi connectivity index (χ3n) is 4.06. The minimum atomic E-state index is -3.03. The van der Waals surface area contributed by atoms with Crippen LogP contribution in [0, 0.1) is 0 Å². The van der Waals surface area contributed by atoms with Crippen molar-refractivity contribution in [1.82, 2.24) is 14.5 Å². The highest BCUT2D eigenvalue weighted by molar-refractivity contribution is 7.90. The molecule has 1 aromatic carbocycles. The van der Waals surface area contributed by atoms with E-state index in [-0.39, 0.29) is 5.75 Å². The number of imidazole rings is 1. The number of halogens is 1. The molecule has 0 atom stereocenters. The summed E-state index contributed by atoms with van der Waals surface area (Å²) in [4.78, 5) is 10.8. The van der Waals surface area contributed by atoms with E-state index in [0.29, 0.717) is 17.4 Å². The molecule has 0 spiro atoms. The summed E-state index contributed by atoms with van der Waals surface area (Å²) >= 11 is 6.35. The Hall–Kier alpha value is -2.12. The number of benzene rings is 1. The molecular formula is C17H19ClN4O2S. The molecule has 3 rings (SSSR count). The van der Waals surface area contributed by atoms with Gasteiger partial charge in [0.25, 0.3) is 0 Å². The van der Waals surface area contributed by atoms with Gasteiger partial charge in [0, 0.05) is 38.7 Å². The molecule has 0 aliphatic heterocycles. The van der Waals surface area contributed by atoms with E-state index >= 15 is 0 Å². The zero-order valence-electron chi connectivity index (χ0n) is 14.3. The highest BCUT2D eigenvalue weighted by Crippen LogP contribution is 2.31. The zero-order valence-corrected chi connectivity index (χ0v) is 15.8. The molecule has 8 heteroatoms. The first kappa shape index (κ1) is 17.7. The van der Waals surface area contributed by atoms with E-state index in [0.717, 1.165) is 22.4 Å². The molecule has 0 aliphatic rings. The number of aromatic nitrogens is 3. The van der Waals surface area contributed by atoms with Crippen LogP contribution in [0.4, 0.5) is 5.82 Å². The molecule has 0 unspecified atom stereocenters. The standard InChI is InChI=1S/C17H19ClN4O2S/c1-21(8-9-25(3,23)24)16-10-12(13(18)11-19-16)17-20-14-6-4-5-7-15(14)22(17)2/h4-7,10-11H,8-9H2,1-3H3. The quantitative estimate of drug-likeness (QED) is 0.682. The molecule has 6 nitrogen and oxygen atoms in total. The third-order valence-corrected chi connectivity index (χ3v) is 5.28. The molecular weight excluding hydrogens is 360 g/mol. The lowest BCUT2D eigenvalue weighted by atomic mass is 10.2. The molecule has 0 aliphatic carbocycles. The minimum Gasteiger partial charge on any atom is -0.359 e. The lowest BCUT2D eigenvalue weighted by Gasteiger charge is -2.18. The van der Waals surface area contributed by atoms with E-state index in [1.807, 2.05) is 41.9 Å². The first-order valence-electron chi connectivity index (χ1n) is 7.72. The molecule has 0 fully saturated rings. The predicted octanol–water partition coefficient (Wildman–Crippen LogP) is 2.77. The lowest BCUT2D eigenvalue weighted by molar-refractivity contribution is 0.601. The summed E-state index contributed by atoms with van der Waals surface area (Å²) in [6.07, 6.45) is 2.80. The molecule has 3 aromatic rings. The number of hydrogen-bond donors (Lipinski definition) is 0. The van der Waals surface area contributed by atoms with E-state index < -0.39 is 9.84 Å². The molecule has 132 valence electrons. The summed E-state index contributed by atoms with van der Waals surface area (Å²) < 4.78 is 24.7. The molecule has 0 amide bonds. The van der Waals surface area contributed by atoms with Gasteiger partial charge in [0.1, 0.15) is 21.5 Å². The largest absolute Gasteiger partial charge is 0.359 e. The number of nitrogens with zero attached hydrogens (tertiary/aromatic N) is 4. The maximum absolute atomic E-state index is 11.4. The van der Waals surface area contributed by atoms with Crippen molar-refractivity contribution in [2.24, 2.45) is 7.05 Å². The molecule has 0 saturated carbocycles. The fourth-order valence-electron chi connectivity index (χ4n) is 2.61. The number of fused-ring (bicyclic) bond motifs is 1. The van der Waals surface area contributed by atoms with Gasteiger partial charge in [-0.1, -0.05) is 23.7 Å². The van der Waals surface area contributed by atoms with Crippen LogP contribution in [0.2, 0.25) is 5.02 Å². The van der Waals surface area contributed by atoms with Crippen molar-refractivity contribution in [3.8, 4) is 11.4 Å². The average Bonchev–Trinajstić information content (AvgIpc) is 2.90. The molecule has 0 saturated heterocycles. The van der Waals surface area contributed by atoms with Crippen molar-refractivity contribution in [2.45, 2.75) is 0 Å². The molecule has 2 aromatic heterocycles. The second-order valence-corrected chi connectivity index (χ2v) is 8.72. The van der Waals surface area contributed by atoms with Gasteiger partial charge in [-0.2, -0.15) is 0 Å². The predicted molar refractivity (Wildman–Crippen MR) is 102 cm³/mol. The van der Waals surface area contributed by atoms with Crippen molar-refractivity contribution >= 4 is 38.3 Å². The Kier molecular flexibility index (Phi) is 4.71. The Morgan fingerprint density at radius 3 is 2.68 bits per heavy atom. The molecule has 25 heavy (non-hydrogen) atoms. The monoisotopic (exact) mass is 378 g/mol. The van der Waals surface area contributed by atoms with E-state index in [1.165, 1.54) is 6.26 Å². The number of rotatable bonds is 5. The van der Waals surface area contributed by atoms with E-state index in [1.54, 1.807) is 18.1 Å². The van der Waals surface area contributed by atoms with Crippen molar-refractivity contribution < 1.29 is 8.42 Å². The number of hydrogen-bond acceptors (Lipinski definition) is 5. The van der Waals surface area contributed by atoms with Crippen LogP contribution in [0.15, 0.2) is 36.5 Å². The van der Waals surface area contributed by atoms with Crippen molar-refractivity contribution in [3.63, 3.8) is 0 Å². The van der Waals surface area contributed by atoms with Crippen LogP contribution < -0.4 is 4.90 Å². The van der Waals surface area contributed by atoms with Crippen molar-refractivity contribution in [2.75, 3.05) is 30.5 Å². The number of sulfone groups is 1. The lowest BCUT2D eigenvalue weighted by Crippen LogP contribution is -2.25. The first-order valence-corrected chi connectivity index (χ1v) is 10.2. The van der Waals surface area contributed by atoms with Crippen LogP contribution in [-0.4, -0.2) is 48.6 Å². The van der Waals surface area contributed by atoms with E-state index in [2.05, 4.69) is 9.97 Å². The van der Waals surface area contributed by atoms with Crippen molar-refractivity contribution in [3.05, 3.63) is 41.6 Å². The zero-order chi connectivity index (χ0) is 18.2.